The highest BCUT2D eigenvalue weighted by molar-refractivity contribution is 5.21. The van der Waals surface area contributed by atoms with Gasteiger partial charge in [-0.25, -0.2) is 0 Å². The molecule has 1 nitrogen and oxygen atoms in total. The van der Waals surface area contributed by atoms with E-state index in [9.17, 15) is 5.11 Å². The average Bonchev–Trinajstić information content (AvgIpc) is 1.86. The van der Waals surface area contributed by atoms with Crippen molar-refractivity contribution in [3.63, 3.8) is 0 Å². The van der Waals surface area contributed by atoms with E-state index in [1.807, 2.05) is 13.0 Å². The van der Waals surface area contributed by atoms with Gasteiger partial charge in [0.05, 0.1) is 5.60 Å². The number of aliphatic hydroxyl groups is 1. The zero-order valence-corrected chi connectivity index (χ0v) is 6.43. The van der Waals surface area contributed by atoms with Crippen molar-refractivity contribution in [2.24, 2.45) is 0 Å². The molecule has 1 N–H and O–H groups in total. The van der Waals surface area contributed by atoms with Gasteiger partial charge in [0.2, 0.25) is 0 Å². The first-order chi connectivity index (χ1) is 4.64. The molecule has 0 aromatic rings. The zero-order chi connectivity index (χ0) is 7.61. The summed E-state index contributed by atoms with van der Waals surface area (Å²) in [6.07, 6.45) is 6.59. The lowest BCUT2D eigenvalue weighted by Crippen LogP contribution is -2.26. The van der Waals surface area contributed by atoms with Crippen LogP contribution in [0.2, 0.25) is 0 Å². The molecule has 0 aliphatic heterocycles. The van der Waals surface area contributed by atoms with E-state index in [0.717, 1.165) is 19.3 Å². The molecule has 56 valence electrons. The van der Waals surface area contributed by atoms with Gasteiger partial charge in [0.1, 0.15) is 0 Å². The molecule has 1 rings (SSSR count). The smallest absolute Gasteiger partial charge is 0.0662 e. The van der Waals surface area contributed by atoms with E-state index in [2.05, 4.69) is 12.7 Å². The van der Waals surface area contributed by atoms with Gasteiger partial charge in [0, 0.05) is 6.42 Å². The Kier molecular flexibility index (Phi) is 1.95. The van der Waals surface area contributed by atoms with Crippen LogP contribution in [0.5, 0.6) is 0 Å². The summed E-state index contributed by atoms with van der Waals surface area (Å²) in [4.78, 5) is 0. The fraction of sp³-hybridized carbons (Fsp3) is 0.556. The fourth-order valence-corrected chi connectivity index (χ4v) is 1.32. The molecule has 1 atom stereocenters. The minimum Gasteiger partial charge on any atom is -0.390 e. The van der Waals surface area contributed by atoms with E-state index in [4.69, 9.17) is 0 Å². The predicted molar refractivity (Wildman–Crippen MR) is 42.8 cm³/mol. The monoisotopic (exact) mass is 138 g/mol. The summed E-state index contributed by atoms with van der Waals surface area (Å²) in [5, 5.41) is 9.59. The standard InChI is InChI=1S/C9H14O/c1-3-8-5-4-6-9(2,10)7-8/h3,5,10H,1,4,6-7H2,2H3/t9-/m0/s1. The molecule has 1 aliphatic carbocycles. The Morgan fingerprint density at radius 2 is 2.50 bits per heavy atom. The van der Waals surface area contributed by atoms with Crippen LogP contribution in [-0.4, -0.2) is 10.7 Å². The van der Waals surface area contributed by atoms with Gasteiger partial charge in [0.15, 0.2) is 0 Å². The number of rotatable bonds is 1. The van der Waals surface area contributed by atoms with Gasteiger partial charge >= 0.3 is 0 Å². The van der Waals surface area contributed by atoms with Crippen molar-refractivity contribution in [3.05, 3.63) is 24.3 Å². The number of allylic oxidation sites excluding steroid dienone is 2. The number of hydrogen-bond acceptors (Lipinski definition) is 1. The molecule has 0 saturated heterocycles. The predicted octanol–water partition coefficient (Wildman–Crippen LogP) is 2.03. The van der Waals surface area contributed by atoms with Crippen LogP contribution in [-0.2, 0) is 0 Å². The first-order valence-corrected chi connectivity index (χ1v) is 3.68. The minimum absolute atomic E-state index is 0.488. The summed E-state index contributed by atoms with van der Waals surface area (Å²) in [6.45, 7) is 5.55. The third kappa shape index (κ3) is 1.71. The van der Waals surface area contributed by atoms with E-state index in [1.165, 1.54) is 5.57 Å². The second-order valence-electron chi connectivity index (χ2n) is 3.20. The summed E-state index contributed by atoms with van der Waals surface area (Å²) in [5.74, 6) is 0. The fourth-order valence-electron chi connectivity index (χ4n) is 1.32. The Bertz CT molecular complexity index is 166. The van der Waals surface area contributed by atoms with Crippen molar-refractivity contribution >= 4 is 0 Å². The topological polar surface area (TPSA) is 20.2 Å². The molecule has 1 aliphatic rings. The highest BCUT2D eigenvalue weighted by Gasteiger charge is 2.23. The Balaban J connectivity index is 2.65. The first kappa shape index (κ1) is 7.55. The summed E-state index contributed by atoms with van der Waals surface area (Å²) in [5.41, 5.74) is 0.689. The van der Waals surface area contributed by atoms with Gasteiger partial charge in [-0.15, -0.1) is 0 Å². The van der Waals surface area contributed by atoms with Crippen molar-refractivity contribution < 1.29 is 5.11 Å². The summed E-state index contributed by atoms with van der Waals surface area (Å²) < 4.78 is 0. The molecule has 0 fully saturated rings. The van der Waals surface area contributed by atoms with E-state index in [0.29, 0.717) is 0 Å². The highest BCUT2D eigenvalue weighted by atomic mass is 16.3. The van der Waals surface area contributed by atoms with Crippen LogP contribution in [0, 0.1) is 0 Å². The Morgan fingerprint density at radius 3 is 2.90 bits per heavy atom. The Labute approximate surface area is 62.1 Å². The molecule has 1 heteroatoms. The SMILES string of the molecule is C=CC1=CCC[C@](C)(O)C1. The lowest BCUT2D eigenvalue weighted by Gasteiger charge is -2.26. The van der Waals surface area contributed by atoms with Crippen molar-refractivity contribution in [3.8, 4) is 0 Å². The van der Waals surface area contributed by atoms with Gasteiger partial charge in [0.25, 0.3) is 0 Å². The Morgan fingerprint density at radius 1 is 1.80 bits per heavy atom. The molecule has 0 spiro atoms. The molecule has 0 aromatic carbocycles. The van der Waals surface area contributed by atoms with Gasteiger partial charge < -0.3 is 5.11 Å². The lowest BCUT2D eigenvalue weighted by atomic mass is 9.86. The van der Waals surface area contributed by atoms with Crippen LogP contribution in [0.4, 0.5) is 0 Å². The van der Waals surface area contributed by atoms with E-state index in [-0.39, 0.29) is 0 Å². The third-order valence-corrected chi connectivity index (χ3v) is 1.94. The maximum absolute atomic E-state index is 9.59. The maximum Gasteiger partial charge on any atom is 0.0662 e. The summed E-state index contributed by atoms with van der Waals surface area (Å²) in [6, 6.07) is 0. The zero-order valence-electron chi connectivity index (χ0n) is 6.43. The van der Waals surface area contributed by atoms with Crippen molar-refractivity contribution in [2.45, 2.75) is 31.8 Å². The molecule has 0 bridgehead atoms. The van der Waals surface area contributed by atoms with E-state index in [1.54, 1.807) is 0 Å². The van der Waals surface area contributed by atoms with Crippen molar-refractivity contribution in [1.82, 2.24) is 0 Å². The van der Waals surface area contributed by atoms with Crippen LogP contribution in [0.15, 0.2) is 24.3 Å². The maximum atomic E-state index is 9.59. The number of hydrogen-bond donors (Lipinski definition) is 1. The van der Waals surface area contributed by atoms with Crippen LogP contribution in [0.1, 0.15) is 26.2 Å². The molecular formula is C9H14O. The largest absolute Gasteiger partial charge is 0.390 e. The Hall–Kier alpha value is -0.560. The molecule has 0 heterocycles. The molecule has 0 aromatic heterocycles. The van der Waals surface area contributed by atoms with E-state index >= 15 is 0 Å². The normalized spacial score (nSPS) is 33.2. The quantitative estimate of drug-likeness (QED) is 0.588. The molecule has 0 amide bonds. The van der Waals surface area contributed by atoms with Gasteiger partial charge in [-0.1, -0.05) is 18.7 Å². The molecule has 10 heavy (non-hydrogen) atoms. The van der Waals surface area contributed by atoms with Crippen LogP contribution in [0.25, 0.3) is 0 Å². The summed E-state index contributed by atoms with van der Waals surface area (Å²) in [7, 11) is 0. The van der Waals surface area contributed by atoms with Crippen LogP contribution < -0.4 is 0 Å². The molecule has 0 radical (unpaired) electrons. The second-order valence-corrected chi connectivity index (χ2v) is 3.20. The van der Waals surface area contributed by atoms with Gasteiger partial charge in [-0.2, -0.15) is 0 Å². The first-order valence-electron chi connectivity index (χ1n) is 3.68. The van der Waals surface area contributed by atoms with Gasteiger partial charge in [-0.05, 0) is 25.3 Å². The minimum atomic E-state index is -0.488. The van der Waals surface area contributed by atoms with E-state index < -0.39 is 5.60 Å². The average molecular weight is 138 g/mol. The lowest BCUT2D eigenvalue weighted by molar-refractivity contribution is 0.0487. The molecule has 0 saturated carbocycles. The molecule has 0 unspecified atom stereocenters. The van der Waals surface area contributed by atoms with Crippen molar-refractivity contribution in [2.75, 3.05) is 0 Å². The third-order valence-electron chi connectivity index (χ3n) is 1.94. The molecular weight excluding hydrogens is 124 g/mol. The van der Waals surface area contributed by atoms with Crippen molar-refractivity contribution in [1.29, 1.82) is 0 Å². The summed E-state index contributed by atoms with van der Waals surface area (Å²) >= 11 is 0. The van der Waals surface area contributed by atoms with Gasteiger partial charge in [-0.3, -0.25) is 0 Å². The van der Waals surface area contributed by atoms with Crippen LogP contribution >= 0.6 is 0 Å². The second kappa shape index (κ2) is 2.59. The van der Waals surface area contributed by atoms with Crippen LogP contribution in [0.3, 0.4) is 0 Å². The highest BCUT2D eigenvalue weighted by Crippen LogP contribution is 2.27.